The van der Waals surface area contributed by atoms with Gasteiger partial charge in [-0.25, -0.2) is 17.9 Å². The van der Waals surface area contributed by atoms with Crippen molar-refractivity contribution in [2.45, 2.75) is 24.3 Å². The first-order valence-electron chi connectivity index (χ1n) is 7.23. The van der Waals surface area contributed by atoms with Gasteiger partial charge in [-0.15, -0.1) is 0 Å². The molecule has 0 aliphatic rings. The molecule has 0 bridgehead atoms. The molecule has 0 saturated carbocycles. The minimum absolute atomic E-state index is 0.0368. The van der Waals surface area contributed by atoms with Gasteiger partial charge in [-0.05, 0) is 30.2 Å². The van der Waals surface area contributed by atoms with E-state index in [2.05, 4.69) is 9.46 Å². The van der Waals surface area contributed by atoms with E-state index in [1.165, 1.54) is 31.4 Å². The Hall–Kier alpha value is -2.18. The molecule has 122 valence electrons. The van der Waals surface area contributed by atoms with Crippen molar-refractivity contribution in [2.75, 3.05) is 7.11 Å². The SMILES string of the molecule is CC[C@H](NS(=O)(=O)c1cccc(C(=O)OC)c1)c1ccccc1. The minimum Gasteiger partial charge on any atom is -0.465 e. The lowest BCUT2D eigenvalue weighted by Gasteiger charge is -2.17. The van der Waals surface area contributed by atoms with Gasteiger partial charge in [0.05, 0.1) is 17.6 Å². The Bertz CT molecular complexity index is 772. The third kappa shape index (κ3) is 4.18. The monoisotopic (exact) mass is 333 g/mol. The second-order valence-corrected chi connectivity index (χ2v) is 6.73. The Labute approximate surface area is 136 Å². The highest BCUT2D eigenvalue weighted by atomic mass is 32.2. The van der Waals surface area contributed by atoms with Crippen molar-refractivity contribution in [1.82, 2.24) is 4.72 Å². The summed E-state index contributed by atoms with van der Waals surface area (Å²) in [5, 5.41) is 0. The van der Waals surface area contributed by atoms with Gasteiger partial charge >= 0.3 is 5.97 Å². The maximum Gasteiger partial charge on any atom is 0.337 e. The quantitative estimate of drug-likeness (QED) is 0.825. The van der Waals surface area contributed by atoms with E-state index >= 15 is 0 Å². The predicted octanol–water partition coefficient (Wildman–Crippen LogP) is 2.90. The fourth-order valence-corrected chi connectivity index (χ4v) is 3.59. The molecule has 1 N–H and O–H groups in total. The molecule has 0 heterocycles. The molecule has 0 radical (unpaired) electrons. The molecule has 2 rings (SSSR count). The first-order chi connectivity index (χ1) is 11.0. The second-order valence-electron chi connectivity index (χ2n) is 5.01. The molecule has 0 amide bonds. The molecule has 2 aromatic carbocycles. The average Bonchev–Trinajstić information content (AvgIpc) is 2.60. The van der Waals surface area contributed by atoms with E-state index < -0.39 is 16.0 Å². The van der Waals surface area contributed by atoms with Crippen molar-refractivity contribution in [2.24, 2.45) is 0 Å². The number of rotatable bonds is 6. The van der Waals surface area contributed by atoms with E-state index in [1.807, 2.05) is 37.3 Å². The summed E-state index contributed by atoms with van der Waals surface area (Å²) in [5.41, 5.74) is 1.09. The normalized spacial score (nSPS) is 12.6. The fraction of sp³-hybridized carbons (Fsp3) is 0.235. The molecular formula is C17H19NO4S. The van der Waals surface area contributed by atoms with Crippen LogP contribution in [0, 0.1) is 0 Å². The van der Waals surface area contributed by atoms with Gasteiger partial charge in [0.25, 0.3) is 0 Å². The smallest absolute Gasteiger partial charge is 0.337 e. The maximum atomic E-state index is 12.6. The molecule has 6 heteroatoms. The Balaban J connectivity index is 2.29. The minimum atomic E-state index is -3.74. The van der Waals surface area contributed by atoms with E-state index in [9.17, 15) is 13.2 Å². The summed E-state index contributed by atoms with van der Waals surface area (Å²) in [6.07, 6.45) is 0.611. The highest BCUT2D eigenvalue weighted by Gasteiger charge is 2.21. The molecule has 0 aliphatic carbocycles. The largest absolute Gasteiger partial charge is 0.465 e. The van der Waals surface area contributed by atoms with Gasteiger partial charge in [0.15, 0.2) is 0 Å². The lowest BCUT2D eigenvalue weighted by Crippen LogP contribution is -2.28. The number of sulfonamides is 1. The van der Waals surface area contributed by atoms with Crippen molar-refractivity contribution in [1.29, 1.82) is 0 Å². The highest BCUT2D eigenvalue weighted by molar-refractivity contribution is 7.89. The zero-order valence-electron chi connectivity index (χ0n) is 13.0. The molecule has 0 unspecified atom stereocenters. The lowest BCUT2D eigenvalue weighted by molar-refractivity contribution is 0.0600. The van der Waals surface area contributed by atoms with Gasteiger partial charge in [-0.1, -0.05) is 43.3 Å². The summed E-state index contributed by atoms with van der Waals surface area (Å²) in [6.45, 7) is 1.91. The van der Waals surface area contributed by atoms with Gasteiger partial charge in [0, 0.05) is 6.04 Å². The number of hydrogen-bond acceptors (Lipinski definition) is 4. The number of carbonyl (C=O) groups excluding carboxylic acids is 1. The number of hydrogen-bond donors (Lipinski definition) is 1. The van der Waals surface area contributed by atoms with Crippen LogP contribution in [0.2, 0.25) is 0 Å². The summed E-state index contributed by atoms with van der Waals surface area (Å²) in [7, 11) is -2.49. The molecule has 23 heavy (non-hydrogen) atoms. The van der Waals surface area contributed by atoms with Crippen molar-refractivity contribution in [3.63, 3.8) is 0 Å². The first-order valence-corrected chi connectivity index (χ1v) is 8.72. The van der Waals surface area contributed by atoms with Crippen molar-refractivity contribution in [3.8, 4) is 0 Å². The summed E-state index contributed by atoms with van der Waals surface area (Å²) >= 11 is 0. The number of ether oxygens (including phenoxy) is 1. The van der Waals surface area contributed by atoms with E-state index in [1.54, 1.807) is 0 Å². The van der Waals surface area contributed by atoms with Gasteiger partial charge in [-0.3, -0.25) is 0 Å². The summed E-state index contributed by atoms with van der Waals surface area (Å²) < 4.78 is 32.5. The van der Waals surface area contributed by atoms with Crippen LogP contribution in [-0.4, -0.2) is 21.5 Å². The molecular weight excluding hydrogens is 314 g/mol. The van der Waals surface area contributed by atoms with Crippen LogP contribution < -0.4 is 4.72 Å². The molecule has 0 fully saturated rings. The first kappa shape index (κ1) is 17.2. The third-order valence-electron chi connectivity index (χ3n) is 3.47. The summed E-state index contributed by atoms with van der Waals surface area (Å²) in [6, 6.07) is 14.8. The van der Waals surface area contributed by atoms with E-state index in [-0.39, 0.29) is 16.5 Å². The lowest BCUT2D eigenvalue weighted by atomic mass is 10.1. The Morgan fingerprint density at radius 2 is 1.83 bits per heavy atom. The van der Waals surface area contributed by atoms with Crippen molar-refractivity contribution >= 4 is 16.0 Å². The topological polar surface area (TPSA) is 72.5 Å². The highest BCUT2D eigenvalue weighted by Crippen LogP contribution is 2.20. The van der Waals surface area contributed by atoms with Gasteiger partial charge in [0.2, 0.25) is 10.0 Å². The molecule has 2 aromatic rings. The van der Waals surface area contributed by atoms with Crippen LogP contribution in [-0.2, 0) is 14.8 Å². The van der Waals surface area contributed by atoms with Crippen LogP contribution in [0.15, 0.2) is 59.5 Å². The Kier molecular flexibility index (Phi) is 5.52. The van der Waals surface area contributed by atoms with E-state index in [0.29, 0.717) is 6.42 Å². The zero-order chi connectivity index (χ0) is 16.9. The molecule has 0 spiro atoms. The standard InChI is InChI=1S/C17H19NO4S/c1-3-16(13-8-5-4-6-9-13)18-23(20,21)15-11-7-10-14(12-15)17(19)22-2/h4-12,16,18H,3H2,1-2H3/t16-/m0/s1. The van der Waals surface area contributed by atoms with E-state index in [4.69, 9.17) is 0 Å². The summed E-state index contributed by atoms with van der Waals surface area (Å²) in [5.74, 6) is -0.572. The van der Waals surface area contributed by atoms with Crippen LogP contribution in [0.25, 0.3) is 0 Å². The fourth-order valence-electron chi connectivity index (χ4n) is 2.24. The van der Waals surface area contributed by atoms with E-state index in [0.717, 1.165) is 5.56 Å². The van der Waals surface area contributed by atoms with Crippen LogP contribution in [0.3, 0.4) is 0 Å². The number of methoxy groups -OCH3 is 1. The van der Waals surface area contributed by atoms with Crippen LogP contribution in [0.5, 0.6) is 0 Å². The van der Waals surface area contributed by atoms with Gasteiger partial charge < -0.3 is 4.74 Å². The van der Waals surface area contributed by atoms with Gasteiger partial charge in [-0.2, -0.15) is 0 Å². The zero-order valence-corrected chi connectivity index (χ0v) is 13.8. The third-order valence-corrected chi connectivity index (χ3v) is 4.94. The molecule has 0 saturated heterocycles. The number of carbonyl (C=O) groups is 1. The number of benzene rings is 2. The molecule has 5 nitrogen and oxygen atoms in total. The molecule has 1 atom stereocenters. The predicted molar refractivity (Wildman–Crippen MR) is 87.6 cm³/mol. The van der Waals surface area contributed by atoms with Crippen LogP contribution >= 0.6 is 0 Å². The summed E-state index contributed by atoms with van der Waals surface area (Å²) in [4.78, 5) is 11.6. The van der Waals surface area contributed by atoms with Crippen molar-refractivity contribution < 1.29 is 17.9 Å². The number of esters is 1. The Morgan fingerprint density at radius 3 is 2.43 bits per heavy atom. The Morgan fingerprint density at radius 1 is 1.13 bits per heavy atom. The van der Waals surface area contributed by atoms with Crippen LogP contribution in [0.4, 0.5) is 0 Å². The maximum absolute atomic E-state index is 12.6. The number of nitrogens with one attached hydrogen (secondary N) is 1. The average molecular weight is 333 g/mol. The van der Waals surface area contributed by atoms with Crippen LogP contribution in [0.1, 0.15) is 35.3 Å². The van der Waals surface area contributed by atoms with Gasteiger partial charge in [0.1, 0.15) is 0 Å². The molecule has 0 aliphatic heterocycles. The second kappa shape index (κ2) is 7.39. The molecule has 0 aromatic heterocycles. The van der Waals surface area contributed by atoms with Crippen molar-refractivity contribution in [3.05, 3.63) is 65.7 Å².